The molecule has 4 nitrogen and oxygen atoms in total. The molecule has 3 aromatic heterocycles. The summed E-state index contributed by atoms with van der Waals surface area (Å²) in [6.45, 7) is 0. The molecular formula is C8H6N4S. The maximum absolute atomic E-state index is 4.40. The van der Waals surface area contributed by atoms with Gasteiger partial charge < -0.3 is 4.98 Å². The zero-order valence-corrected chi connectivity index (χ0v) is 7.45. The SMILES string of the molecule is c1c[nH]c(-c2cn3ncsc3n2)c1. The lowest BCUT2D eigenvalue weighted by molar-refractivity contribution is 0.974. The zero-order chi connectivity index (χ0) is 8.67. The van der Waals surface area contributed by atoms with Gasteiger partial charge in [-0.05, 0) is 12.1 Å². The summed E-state index contributed by atoms with van der Waals surface area (Å²) in [4.78, 5) is 8.43. The molecule has 0 aliphatic heterocycles. The molecule has 0 saturated heterocycles. The Morgan fingerprint density at radius 2 is 2.46 bits per heavy atom. The first-order valence-corrected chi connectivity index (χ1v) is 4.74. The van der Waals surface area contributed by atoms with Crippen LogP contribution in [-0.4, -0.2) is 19.6 Å². The lowest BCUT2D eigenvalue weighted by Gasteiger charge is -1.86. The van der Waals surface area contributed by atoms with E-state index in [0.29, 0.717) is 0 Å². The lowest BCUT2D eigenvalue weighted by Crippen LogP contribution is -1.77. The third-order valence-electron chi connectivity index (χ3n) is 1.86. The number of hydrogen-bond donors (Lipinski definition) is 1. The number of nitrogens with zero attached hydrogens (tertiary/aromatic N) is 3. The van der Waals surface area contributed by atoms with E-state index < -0.39 is 0 Å². The maximum Gasteiger partial charge on any atom is 0.212 e. The monoisotopic (exact) mass is 190 g/mol. The lowest BCUT2D eigenvalue weighted by atomic mass is 10.3. The third-order valence-corrected chi connectivity index (χ3v) is 2.55. The average molecular weight is 190 g/mol. The van der Waals surface area contributed by atoms with Crippen molar-refractivity contribution in [3.8, 4) is 11.4 Å². The molecule has 3 rings (SSSR count). The van der Waals surface area contributed by atoms with Crippen LogP contribution in [0.15, 0.2) is 30.0 Å². The Kier molecular flexibility index (Phi) is 1.28. The molecule has 13 heavy (non-hydrogen) atoms. The maximum atomic E-state index is 4.40. The topological polar surface area (TPSA) is 46.0 Å². The van der Waals surface area contributed by atoms with Gasteiger partial charge in [0, 0.05) is 6.20 Å². The molecule has 0 unspecified atom stereocenters. The molecule has 0 amide bonds. The van der Waals surface area contributed by atoms with Crippen molar-refractivity contribution in [2.24, 2.45) is 0 Å². The summed E-state index contributed by atoms with van der Waals surface area (Å²) < 4.78 is 1.78. The van der Waals surface area contributed by atoms with E-state index in [9.17, 15) is 0 Å². The Labute approximate surface area is 77.9 Å². The van der Waals surface area contributed by atoms with Crippen LogP contribution in [0.5, 0.6) is 0 Å². The summed E-state index contributed by atoms with van der Waals surface area (Å²) >= 11 is 1.53. The molecule has 0 aromatic carbocycles. The Balaban J connectivity index is 2.23. The molecule has 3 aromatic rings. The van der Waals surface area contributed by atoms with Gasteiger partial charge >= 0.3 is 0 Å². The average Bonchev–Trinajstić information content (AvgIpc) is 2.78. The van der Waals surface area contributed by atoms with E-state index >= 15 is 0 Å². The molecule has 0 atom stereocenters. The van der Waals surface area contributed by atoms with Crippen LogP contribution < -0.4 is 0 Å². The first kappa shape index (κ1) is 6.85. The Bertz CT molecular complexity index is 491. The number of aromatic amines is 1. The van der Waals surface area contributed by atoms with Gasteiger partial charge in [0.1, 0.15) is 11.2 Å². The van der Waals surface area contributed by atoms with Gasteiger partial charge in [-0.3, -0.25) is 0 Å². The summed E-state index contributed by atoms with van der Waals surface area (Å²) in [7, 11) is 0. The summed E-state index contributed by atoms with van der Waals surface area (Å²) in [6.07, 6.45) is 3.80. The molecule has 5 heteroatoms. The Morgan fingerprint density at radius 1 is 1.46 bits per heavy atom. The van der Waals surface area contributed by atoms with Crippen molar-refractivity contribution in [1.29, 1.82) is 0 Å². The minimum absolute atomic E-state index is 0.921. The molecule has 1 N–H and O–H groups in total. The molecule has 0 aliphatic carbocycles. The highest BCUT2D eigenvalue weighted by Gasteiger charge is 2.05. The van der Waals surface area contributed by atoms with E-state index in [2.05, 4.69) is 15.1 Å². The van der Waals surface area contributed by atoms with E-state index in [1.807, 2.05) is 24.5 Å². The van der Waals surface area contributed by atoms with E-state index in [0.717, 1.165) is 16.3 Å². The summed E-state index contributed by atoms with van der Waals surface area (Å²) in [6, 6.07) is 3.95. The van der Waals surface area contributed by atoms with Crippen LogP contribution in [0.1, 0.15) is 0 Å². The molecule has 0 bridgehead atoms. The predicted molar refractivity (Wildman–Crippen MR) is 50.7 cm³/mol. The highest BCUT2D eigenvalue weighted by molar-refractivity contribution is 7.14. The van der Waals surface area contributed by atoms with Crippen LogP contribution in [0.2, 0.25) is 0 Å². The number of imidazole rings is 1. The molecule has 3 heterocycles. The molecule has 0 spiro atoms. The van der Waals surface area contributed by atoms with Gasteiger partial charge in [-0.1, -0.05) is 11.3 Å². The van der Waals surface area contributed by atoms with Crippen molar-refractivity contribution in [2.75, 3.05) is 0 Å². The largest absolute Gasteiger partial charge is 0.360 e. The van der Waals surface area contributed by atoms with Crippen LogP contribution in [0.4, 0.5) is 0 Å². The Morgan fingerprint density at radius 3 is 3.23 bits per heavy atom. The second-order valence-corrected chi connectivity index (χ2v) is 3.49. The van der Waals surface area contributed by atoms with Crippen LogP contribution in [-0.2, 0) is 0 Å². The van der Waals surface area contributed by atoms with Crippen LogP contribution in [0.3, 0.4) is 0 Å². The number of aromatic nitrogens is 4. The van der Waals surface area contributed by atoms with Gasteiger partial charge in [0.05, 0.1) is 11.9 Å². The van der Waals surface area contributed by atoms with Crippen LogP contribution in [0, 0.1) is 0 Å². The summed E-state index contributed by atoms with van der Waals surface area (Å²) in [5, 5.41) is 4.11. The smallest absolute Gasteiger partial charge is 0.212 e. The van der Waals surface area contributed by atoms with Crippen molar-refractivity contribution >= 4 is 16.3 Å². The molecular weight excluding hydrogens is 184 g/mol. The van der Waals surface area contributed by atoms with E-state index in [1.54, 1.807) is 10.0 Å². The second-order valence-electron chi connectivity index (χ2n) is 2.68. The van der Waals surface area contributed by atoms with Gasteiger partial charge in [-0.15, -0.1) is 0 Å². The fraction of sp³-hybridized carbons (Fsp3) is 0. The number of nitrogens with one attached hydrogen (secondary N) is 1. The zero-order valence-electron chi connectivity index (χ0n) is 6.64. The third kappa shape index (κ3) is 0.972. The highest BCUT2D eigenvalue weighted by atomic mass is 32.1. The van der Waals surface area contributed by atoms with E-state index in [-0.39, 0.29) is 0 Å². The predicted octanol–water partition coefficient (Wildman–Crippen LogP) is 1.79. The van der Waals surface area contributed by atoms with Gasteiger partial charge in [0.15, 0.2) is 0 Å². The highest BCUT2D eigenvalue weighted by Crippen LogP contribution is 2.17. The second kappa shape index (κ2) is 2.43. The van der Waals surface area contributed by atoms with Crippen molar-refractivity contribution < 1.29 is 0 Å². The van der Waals surface area contributed by atoms with Crippen molar-refractivity contribution in [3.63, 3.8) is 0 Å². The molecule has 64 valence electrons. The summed E-state index contributed by atoms with van der Waals surface area (Å²) in [5.74, 6) is 0. The number of rotatable bonds is 1. The normalized spacial score (nSPS) is 11.1. The first-order valence-electron chi connectivity index (χ1n) is 3.86. The number of fused-ring (bicyclic) bond motifs is 1. The van der Waals surface area contributed by atoms with E-state index in [4.69, 9.17) is 0 Å². The number of H-pyrrole nitrogens is 1. The summed E-state index contributed by atoms with van der Waals surface area (Å²) in [5.41, 5.74) is 3.74. The van der Waals surface area contributed by atoms with Gasteiger partial charge in [0.25, 0.3) is 0 Å². The van der Waals surface area contributed by atoms with Crippen molar-refractivity contribution in [3.05, 3.63) is 30.0 Å². The van der Waals surface area contributed by atoms with Gasteiger partial charge in [-0.2, -0.15) is 5.10 Å². The van der Waals surface area contributed by atoms with Gasteiger partial charge in [0.2, 0.25) is 4.96 Å². The fourth-order valence-corrected chi connectivity index (χ4v) is 1.86. The minimum Gasteiger partial charge on any atom is -0.360 e. The van der Waals surface area contributed by atoms with Crippen LogP contribution >= 0.6 is 11.3 Å². The quantitative estimate of drug-likeness (QED) is 0.635. The van der Waals surface area contributed by atoms with Crippen molar-refractivity contribution in [1.82, 2.24) is 19.6 Å². The molecule has 0 radical (unpaired) electrons. The fourth-order valence-electron chi connectivity index (χ4n) is 1.26. The Hall–Kier alpha value is -1.62. The van der Waals surface area contributed by atoms with Gasteiger partial charge in [-0.25, -0.2) is 9.50 Å². The molecule has 0 aliphatic rings. The molecule has 0 fully saturated rings. The first-order chi connectivity index (χ1) is 6.43. The number of hydrogen-bond acceptors (Lipinski definition) is 3. The minimum atomic E-state index is 0.921. The van der Waals surface area contributed by atoms with Crippen LogP contribution in [0.25, 0.3) is 16.3 Å². The van der Waals surface area contributed by atoms with E-state index in [1.165, 1.54) is 11.3 Å². The van der Waals surface area contributed by atoms with Crippen molar-refractivity contribution in [2.45, 2.75) is 0 Å². The molecule has 0 saturated carbocycles. The standard InChI is InChI=1S/C8H6N4S/c1-2-6(9-3-1)7-4-12-8(11-7)13-5-10-12/h1-5,9H.